The molecule has 0 unspecified atom stereocenters. The summed E-state index contributed by atoms with van der Waals surface area (Å²) in [4.78, 5) is 14.9. The lowest BCUT2D eigenvalue weighted by molar-refractivity contribution is 0.112. The largest absolute Gasteiger partial charge is 0.492 e. The molecule has 2 aromatic carbocycles. The number of fused-ring (bicyclic) bond motifs is 1. The van der Waals surface area contributed by atoms with Crippen molar-refractivity contribution < 1.29 is 4.74 Å². The number of aromatic amines is 1. The Bertz CT molecular complexity index is 1340. The number of aromatic nitrogens is 2. The van der Waals surface area contributed by atoms with Crippen molar-refractivity contribution in [1.29, 1.82) is 0 Å². The predicted molar refractivity (Wildman–Crippen MR) is 157 cm³/mol. The molecule has 8 nitrogen and oxygen atoms in total. The van der Waals surface area contributed by atoms with Gasteiger partial charge < -0.3 is 25.7 Å². The minimum Gasteiger partial charge on any atom is -0.492 e. The molecular weight excluding hydrogens is 474 g/mol. The second-order valence-corrected chi connectivity index (χ2v) is 10.3. The number of nitrogens with zero attached hydrogens (tertiary/aromatic N) is 4. The van der Waals surface area contributed by atoms with Crippen LogP contribution in [0.5, 0.6) is 5.75 Å². The van der Waals surface area contributed by atoms with Gasteiger partial charge in [0.2, 0.25) is 0 Å². The molecule has 5 rings (SSSR count). The Labute approximate surface area is 225 Å². The highest BCUT2D eigenvalue weighted by Gasteiger charge is 2.17. The second kappa shape index (κ2) is 11.9. The van der Waals surface area contributed by atoms with Crippen molar-refractivity contribution in [1.82, 2.24) is 24.7 Å². The fourth-order valence-corrected chi connectivity index (χ4v) is 4.99. The maximum Gasteiger partial charge on any atom is 0.119 e. The summed E-state index contributed by atoms with van der Waals surface area (Å²) in [7, 11) is 4.27. The molecule has 2 aromatic heterocycles. The lowest BCUT2D eigenvalue weighted by Gasteiger charge is -2.35. The molecule has 38 heavy (non-hydrogen) atoms. The van der Waals surface area contributed by atoms with Gasteiger partial charge in [-0.3, -0.25) is 14.8 Å². The first kappa shape index (κ1) is 26.0. The highest BCUT2D eigenvalue weighted by Crippen LogP contribution is 2.36. The van der Waals surface area contributed by atoms with E-state index in [1.807, 2.05) is 24.5 Å². The Morgan fingerprint density at radius 3 is 2.45 bits per heavy atom. The third-order valence-electron chi connectivity index (χ3n) is 7.41. The molecule has 1 saturated heterocycles. The number of H-pyrrole nitrogens is 1. The van der Waals surface area contributed by atoms with Crippen LogP contribution < -0.4 is 15.8 Å². The molecule has 0 aliphatic carbocycles. The van der Waals surface area contributed by atoms with Crippen LogP contribution in [0.3, 0.4) is 0 Å². The van der Waals surface area contributed by atoms with E-state index in [9.17, 15) is 0 Å². The SMILES string of the molecule is Cc1c(Nc2c(N)cncc2-c2ccc(OCCN3CCN(CCN(C)C)CC3)cc2)ccc2[nH]ccc12. The van der Waals surface area contributed by atoms with Crippen LogP contribution in [0.2, 0.25) is 0 Å². The number of nitrogens with two attached hydrogens (primary N) is 1. The quantitative estimate of drug-likeness (QED) is 0.289. The second-order valence-electron chi connectivity index (χ2n) is 10.3. The van der Waals surface area contributed by atoms with Gasteiger partial charge in [0.25, 0.3) is 0 Å². The minimum absolute atomic E-state index is 0.609. The molecule has 1 aliphatic heterocycles. The van der Waals surface area contributed by atoms with E-state index in [2.05, 4.69) is 81.3 Å². The lowest BCUT2D eigenvalue weighted by Crippen LogP contribution is -2.48. The number of ether oxygens (including phenoxy) is 1. The average molecular weight is 514 g/mol. The molecule has 0 saturated carbocycles. The summed E-state index contributed by atoms with van der Waals surface area (Å²) < 4.78 is 6.08. The van der Waals surface area contributed by atoms with E-state index in [4.69, 9.17) is 10.5 Å². The first-order valence-corrected chi connectivity index (χ1v) is 13.4. The van der Waals surface area contributed by atoms with Crippen LogP contribution in [0.4, 0.5) is 17.1 Å². The minimum atomic E-state index is 0.609. The molecule has 3 heterocycles. The molecule has 4 N–H and O–H groups in total. The van der Waals surface area contributed by atoms with Gasteiger partial charge in [0.15, 0.2) is 0 Å². The summed E-state index contributed by atoms with van der Waals surface area (Å²) in [5.41, 5.74) is 13.2. The fourth-order valence-electron chi connectivity index (χ4n) is 4.99. The number of nitrogen functional groups attached to an aromatic ring is 1. The summed E-state index contributed by atoms with van der Waals surface area (Å²) in [6.07, 6.45) is 5.51. The summed E-state index contributed by atoms with van der Waals surface area (Å²) in [6, 6.07) is 14.5. The fraction of sp³-hybridized carbons (Fsp3) is 0.367. The third kappa shape index (κ3) is 6.10. The Kier molecular flexibility index (Phi) is 8.12. The molecule has 0 atom stereocenters. The summed E-state index contributed by atoms with van der Waals surface area (Å²) in [5.74, 6) is 0.874. The first-order chi connectivity index (χ1) is 18.5. The third-order valence-corrected chi connectivity index (χ3v) is 7.41. The van der Waals surface area contributed by atoms with E-state index in [-0.39, 0.29) is 0 Å². The van der Waals surface area contributed by atoms with Gasteiger partial charge in [-0.2, -0.15) is 0 Å². The van der Waals surface area contributed by atoms with E-state index in [0.717, 1.165) is 79.6 Å². The molecule has 0 bridgehead atoms. The lowest BCUT2D eigenvalue weighted by atomic mass is 10.0. The van der Waals surface area contributed by atoms with Gasteiger partial charge in [-0.15, -0.1) is 0 Å². The van der Waals surface area contributed by atoms with E-state index < -0.39 is 0 Å². The van der Waals surface area contributed by atoms with Crippen molar-refractivity contribution in [3.63, 3.8) is 0 Å². The normalized spacial score (nSPS) is 14.8. The van der Waals surface area contributed by atoms with Gasteiger partial charge in [0.1, 0.15) is 12.4 Å². The Morgan fingerprint density at radius 2 is 1.71 bits per heavy atom. The van der Waals surface area contributed by atoms with Gasteiger partial charge in [-0.05, 0) is 62.5 Å². The zero-order valence-electron chi connectivity index (χ0n) is 22.7. The number of anilines is 3. The standard InChI is InChI=1S/C30H39N7O/c1-22-25-10-11-33-29(25)9-8-28(22)34-30-26(20-32-21-27(30)31)23-4-6-24(7-5-23)38-19-18-37-16-14-36(15-17-37)13-12-35(2)3/h4-11,20-21,33H,12-19,31H2,1-3H3,(H,32,34). The Hall–Kier alpha value is -3.59. The zero-order chi connectivity index (χ0) is 26.5. The van der Waals surface area contributed by atoms with E-state index in [1.165, 1.54) is 10.9 Å². The average Bonchev–Trinajstić information content (AvgIpc) is 3.41. The van der Waals surface area contributed by atoms with E-state index >= 15 is 0 Å². The zero-order valence-corrected chi connectivity index (χ0v) is 22.7. The summed E-state index contributed by atoms with van der Waals surface area (Å²) in [5, 5.41) is 4.76. The van der Waals surface area contributed by atoms with Crippen molar-refractivity contribution >= 4 is 28.0 Å². The highest BCUT2D eigenvalue weighted by molar-refractivity contribution is 5.93. The van der Waals surface area contributed by atoms with Crippen LogP contribution in [-0.2, 0) is 0 Å². The van der Waals surface area contributed by atoms with Crippen LogP contribution in [-0.4, -0.2) is 91.2 Å². The number of hydrogen-bond donors (Lipinski definition) is 3. The van der Waals surface area contributed by atoms with E-state index in [0.29, 0.717) is 12.3 Å². The van der Waals surface area contributed by atoms with Gasteiger partial charge in [0.05, 0.1) is 17.6 Å². The smallest absolute Gasteiger partial charge is 0.119 e. The number of benzene rings is 2. The summed E-state index contributed by atoms with van der Waals surface area (Å²) >= 11 is 0. The Balaban J connectivity index is 1.19. The number of nitrogens with one attached hydrogen (secondary N) is 2. The number of piperazine rings is 1. The molecule has 8 heteroatoms. The molecule has 0 spiro atoms. The topological polar surface area (TPSA) is 85.7 Å². The molecule has 1 fully saturated rings. The van der Waals surface area contributed by atoms with Gasteiger partial charge in [-0.1, -0.05) is 12.1 Å². The molecule has 0 amide bonds. The number of pyridine rings is 1. The van der Waals surface area contributed by atoms with Crippen molar-refractivity contribution in [2.24, 2.45) is 0 Å². The van der Waals surface area contributed by atoms with Gasteiger partial charge in [-0.25, -0.2) is 0 Å². The molecule has 1 aliphatic rings. The first-order valence-electron chi connectivity index (χ1n) is 13.4. The van der Waals surface area contributed by atoms with Crippen molar-refractivity contribution in [2.45, 2.75) is 6.92 Å². The van der Waals surface area contributed by atoms with Crippen LogP contribution >= 0.6 is 0 Å². The number of rotatable bonds is 10. The van der Waals surface area contributed by atoms with Crippen LogP contribution in [0, 0.1) is 6.92 Å². The maximum atomic E-state index is 6.39. The van der Waals surface area contributed by atoms with Crippen molar-refractivity contribution in [3.8, 4) is 16.9 Å². The van der Waals surface area contributed by atoms with Crippen LogP contribution in [0.1, 0.15) is 5.56 Å². The van der Waals surface area contributed by atoms with Crippen molar-refractivity contribution in [2.75, 3.05) is 77.6 Å². The molecule has 4 aromatic rings. The van der Waals surface area contributed by atoms with Gasteiger partial charge >= 0.3 is 0 Å². The molecule has 0 radical (unpaired) electrons. The predicted octanol–water partition coefficient (Wildman–Crippen LogP) is 4.42. The maximum absolute atomic E-state index is 6.39. The summed E-state index contributed by atoms with van der Waals surface area (Å²) in [6.45, 7) is 10.5. The molecule has 200 valence electrons. The molecular formula is C30H39N7O. The number of hydrogen-bond acceptors (Lipinski definition) is 7. The Morgan fingerprint density at radius 1 is 0.974 bits per heavy atom. The monoisotopic (exact) mass is 513 g/mol. The van der Waals surface area contributed by atoms with Crippen LogP contribution in [0.25, 0.3) is 22.0 Å². The van der Waals surface area contributed by atoms with Gasteiger partial charge in [0, 0.05) is 80.4 Å². The van der Waals surface area contributed by atoms with Crippen LogP contribution in [0.15, 0.2) is 61.1 Å². The van der Waals surface area contributed by atoms with E-state index in [1.54, 1.807) is 6.20 Å². The van der Waals surface area contributed by atoms with Crippen molar-refractivity contribution in [3.05, 3.63) is 66.6 Å². The number of likely N-dealkylation sites (N-methyl/N-ethyl adjacent to an activating group) is 1. The number of aryl methyl sites for hydroxylation is 1. The highest BCUT2D eigenvalue weighted by atomic mass is 16.5.